The molecule has 2 N–H and O–H groups in total. The van der Waals surface area contributed by atoms with E-state index in [2.05, 4.69) is 9.97 Å². The van der Waals surface area contributed by atoms with Crippen LogP contribution in [0.3, 0.4) is 0 Å². The van der Waals surface area contributed by atoms with Crippen molar-refractivity contribution >= 4 is 28.4 Å². The number of fused-ring (bicyclic) bond motifs is 1. The van der Waals surface area contributed by atoms with Crippen molar-refractivity contribution in [1.82, 2.24) is 9.97 Å². The SMILES string of the molecule is Nc1cccc(OCCSc2ncnc3ccccc23)c1. The van der Waals surface area contributed by atoms with Crippen LogP contribution >= 0.6 is 11.8 Å². The molecular formula is C16H15N3OS. The largest absolute Gasteiger partial charge is 0.493 e. The minimum absolute atomic E-state index is 0.604. The zero-order valence-corrected chi connectivity index (χ0v) is 12.2. The predicted octanol–water partition coefficient (Wildman–Crippen LogP) is 3.38. The van der Waals surface area contributed by atoms with E-state index in [9.17, 15) is 0 Å². The molecule has 0 amide bonds. The summed E-state index contributed by atoms with van der Waals surface area (Å²) in [6.45, 7) is 0.604. The van der Waals surface area contributed by atoms with Crippen molar-refractivity contribution < 1.29 is 4.74 Å². The van der Waals surface area contributed by atoms with E-state index < -0.39 is 0 Å². The highest BCUT2D eigenvalue weighted by Crippen LogP contribution is 2.24. The van der Waals surface area contributed by atoms with E-state index in [1.165, 1.54) is 0 Å². The van der Waals surface area contributed by atoms with E-state index in [-0.39, 0.29) is 0 Å². The maximum absolute atomic E-state index is 5.71. The summed E-state index contributed by atoms with van der Waals surface area (Å²) in [4.78, 5) is 8.60. The minimum atomic E-state index is 0.604. The van der Waals surface area contributed by atoms with E-state index >= 15 is 0 Å². The molecule has 0 aliphatic heterocycles. The quantitative estimate of drug-likeness (QED) is 0.338. The van der Waals surface area contributed by atoms with Crippen LogP contribution in [-0.2, 0) is 0 Å². The van der Waals surface area contributed by atoms with Crippen LogP contribution < -0.4 is 10.5 Å². The van der Waals surface area contributed by atoms with E-state index in [1.807, 2.05) is 48.5 Å². The van der Waals surface area contributed by atoms with Crippen molar-refractivity contribution in [2.75, 3.05) is 18.1 Å². The van der Waals surface area contributed by atoms with Crippen molar-refractivity contribution in [3.05, 3.63) is 54.9 Å². The van der Waals surface area contributed by atoms with Gasteiger partial charge in [0.05, 0.1) is 12.1 Å². The third kappa shape index (κ3) is 3.44. The second kappa shape index (κ2) is 6.45. The van der Waals surface area contributed by atoms with Gasteiger partial charge >= 0.3 is 0 Å². The molecule has 3 aromatic rings. The lowest BCUT2D eigenvalue weighted by molar-refractivity contribution is 0.344. The number of aromatic nitrogens is 2. The lowest BCUT2D eigenvalue weighted by Gasteiger charge is -2.07. The molecular weight excluding hydrogens is 282 g/mol. The van der Waals surface area contributed by atoms with Gasteiger partial charge in [-0.2, -0.15) is 0 Å². The lowest BCUT2D eigenvalue weighted by Crippen LogP contribution is -2.01. The van der Waals surface area contributed by atoms with Crippen LogP contribution in [0.5, 0.6) is 5.75 Å². The van der Waals surface area contributed by atoms with Crippen molar-refractivity contribution in [2.24, 2.45) is 0 Å². The molecule has 5 heteroatoms. The molecule has 3 rings (SSSR count). The molecule has 0 bridgehead atoms. The van der Waals surface area contributed by atoms with Crippen molar-refractivity contribution in [2.45, 2.75) is 5.03 Å². The number of thioether (sulfide) groups is 1. The molecule has 21 heavy (non-hydrogen) atoms. The van der Waals surface area contributed by atoms with Crippen LogP contribution in [-0.4, -0.2) is 22.3 Å². The Morgan fingerprint density at radius 3 is 2.86 bits per heavy atom. The number of anilines is 1. The third-order valence-electron chi connectivity index (χ3n) is 2.96. The van der Waals surface area contributed by atoms with Crippen molar-refractivity contribution in [3.8, 4) is 5.75 Å². The van der Waals surface area contributed by atoms with Gasteiger partial charge in [0, 0.05) is 22.9 Å². The number of rotatable bonds is 5. The number of benzene rings is 2. The zero-order valence-electron chi connectivity index (χ0n) is 11.4. The summed E-state index contributed by atoms with van der Waals surface area (Å²) >= 11 is 1.67. The topological polar surface area (TPSA) is 61.0 Å². The summed E-state index contributed by atoms with van der Waals surface area (Å²) in [5.74, 6) is 1.61. The molecule has 0 aliphatic rings. The van der Waals surface area contributed by atoms with Gasteiger partial charge in [0.1, 0.15) is 17.1 Å². The number of nitrogens with zero attached hydrogens (tertiary/aromatic N) is 2. The summed E-state index contributed by atoms with van der Waals surface area (Å²) in [6, 6.07) is 15.5. The fraction of sp³-hybridized carbons (Fsp3) is 0.125. The molecule has 4 nitrogen and oxygen atoms in total. The molecule has 0 unspecified atom stereocenters. The molecule has 0 fully saturated rings. The van der Waals surface area contributed by atoms with E-state index in [0.29, 0.717) is 12.3 Å². The van der Waals surface area contributed by atoms with Crippen LogP contribution in [0.25, 0.3) is 10.9 Å². The number of para-hydroxylation sites is 1. The summed E-state index contributed by atoms with van der Waals surface area (Å²) in [7, 11) is 0. The van der Waals surface area contributed by atoms with Gasteiger partial charge < -0.3 is 10.5 Å². The number of hydrogen-bond acceptors (Lipinski definition) is 5. The van der Waals surface area contributed by atoms with Crippen LogP contribution in [0.15, 0.2) is 59.9 Å². The Morgan fingerprint density at radius 1 is 1.05 bits per heavy atom. The van der Waals surface area contributed by atoms with Gasteiger partial charge in [0.2, 0.25) is 0 Å². The molecule has 0 saturated heterocycles. The van der Waals surface area contributed by atoms with E-state index in [4.69, 9.17) is 10.5 Å². The first-order chi connectivity index (χ1) is 10.3. The molecule has 0 radical (unpaired) electrons. The highest BCUT2D eigenvalue weighted by atomic mass is 32.2. The van der Waals surface area contributed by atoms with E-state index in [1.54, 1.807) is 18.1 Å². The average molecular weight is 297 g/mol. The molecule has 106 valence electrons. The molecule has 1 aromatic heterocycles. The molecule has 0 atom stereocenters. The second-order valence-corrected chi connectivity index (χ2v) is 5.55. The number of hydrogen-bond donors (Lipinski definition) is 1. The summed E-state index contributed by atoms with van der Waals surface area (Å²) < 4.78 is 5.68. The second-order valence-electron chi connectivity index (χ2n) is 4.47. The summed E-state index contributed by atoms with van der Waals surface area (Å²) in [5.41, 5.74) is 7.39. The first kappa shape index (κ1) is 13.7. The maximum atomic E-state index is 5.71. The molecule has 2 aromatic carbocycles. The van der Waals surface area contributed by atoms with Gasteiger partial charge in [0.25, 0.3) is 0 Å². The Morgan fingerprint density at radius 2 is 1.95 bits per heavy atom. The monoisotopic (exact) mass is 297 g/mol. The average Bonchev–Trinajstić information content (AvgIpc) is 2.52. The zero-order chi connectivity index (χ0) is 14.5. The van der Waals surface area contributed by atoms with Gasteiger partial charge in [-0.25, -0.2) is 9.97 Å². The Labute approximate surface area is 127 Å². The summed E-state index contributed by atoms with van der Waals surface area (Å²) in [6.07, 6.45) is 1.60. The first-order valence-corrected chi connectivity index (χ1v) is 7.62. The predicted molar refractivity (Wildman–Crippen MR) is 86.6 cm³/mol. The Kier molecular flexibility index (Phi) is 4.21. The Hall–Kier alpha value is -2.27. The Balaban J connectivity index is 1.60. The van der Waals surface area contributed by atoms with Crippen LogP contribution in [0.4, 0.5) is 5.69 Å². The molecule has 0 aliphatic carbocycles. The van der Waals surface area contributed by atoms with Gasteiger partial charge in [-0.3, -0.25) is 0 Å². The fourth-order valence-electron chi connectivity index (χ4n) is 2.00. The number of ether oxygens (including phenoxy) is 1. The molecule has 0 spiro atoms. The van der Waals surface area contributed by atoms with Crippen LogP contribution in [0, 0.1) is 0 Å². The smallest absolute Gasteiger partial charge is 0.121 e. The standard InChI is InChI=1S/C16H15N3OS/c17-12-4-3-5-13(10-12)20-8-9-21-16-14-6-1-2-7-15(14)18-11-19-16/h1-7,10-11H,8-9,17H2. The van der Waals surface area contributed by atoms with Gasteiger partial charge in [0.15, 0.2) is 0 Å². The van der Waals surface area contributed by atoms with Crippen molar-refractivity contribution in [3.63, 3.8) is 0 Å². The van der Waals surface area contributed by atoms with Gasteiger partial charge in [-0.05, 0) is 18.2 Å². The van der Waals surface area contributed by atoms with Crippen molar-refractivity contribution in [1.29, 1.82) is 0 Å². The van der Waals surface area contributed by atoms with E-state index in [0.717, 1.165) is 27.4 Å². The lowest BCUT2D eigenvalue weighted by atomic mass is 10.2. The highest BCUT2D eigenvalue weighted by molar-refractivity contribution is 7.99. The highest BCUT2D eigenvalue weighted by Gasteiger charge is 2.03. The van der Waals surface area contributed by atoms with Crippen LogP contribution in [0.2, 0.25) is 0 Å². The molecule has 0 saturated carbocycles. The fourth-order valence-corrected chi connectivity index (χ4v) is 2.81. The normalized spacial score (nSPS) is 10.7. The third-order valence-corrected chi connectivity index (χ3v) is 3.92. The molecule has 1 heterocycles. The number of nitrogen functional groups attached to an aromatic ring is 1. The van der Waals surface area contributed by atoms with Crippen LogP contribution in [0.1, 0.15) is 0 Å². The summed E-state index contributed by atoms with van der Waals surface area (Å²) in [5, 5.41) is 2.06. The number of nitrogens with two attached hydrogens (primary N) is 1. The minimum Gasteiger partial charge on any atom is -0.493 e. The van der Waals surface area contributed by atoms with Gasteiger partial charge in [-0.15, -0.1) is 11.8 Å². The Bertz CT molecular complexity index is 743. The maximum Gasteiger partial charge on any atom is 0.121 e. The first-order valence-electron chi connectivity index (χ1n) is 6.64. The van der Waals surface area contributed by atoms with Gasteiger partial charge in [-0.1, -0.05) is 24.3 Å².